The number of hydrogen-bond acceptors (Lipinski definition) is 3. The average Bonchev–Trinajstić information content (AvgIpc) is 3.01. The van der Waals surface area contributed by atoms with Gasteiger partial charge in [-0.3, -0.25) is 14.5 Å². The standard InChI is InChI=1S/C18H27NO3Si/c1-7-8-19-16(20)9-10(17(19)21)12-14-13(22-14)11(9)15(12)23(5,6)18(2,3)4/h7,9-15H,1,8H2,2-6H3. The summed E-state index contributed by atoms with van der Waals surface area (Å²) in [5.41, 5.74) is 0.528. The molecule has 0 aromatic heterocycles. The van der Waals surface area contributed by atoms with Gasteiger partial charge < -0.3 is 4.74 Å². The van der Waals surface area contributed by atoms with Gasteiger partial charge in [0.15, 0.2) is 0 Å². The van der Waals surface area contributed by atoms with E-state index in [2.05, 4.69) is 40.4 Å². The Morgan fingerprint density at radius 3 is 2.00 bits per heavy atom. The Hall–Kier alpha value is -0.943. The van der Waals surface area contributed by atoms with Gasteiger partial charge in [-0.25, -0.2) is 0 Å². The molecule has 0 spiro atoms. The second-order valence-corrected chi connectivity index (χ2v) is 15.0. The summed E-state index contributed by atoms with van der Waals surface area (Å²) in [7, 11) is -1.64. The van der Waals surface area contributed by atoms with Gasteiger partial charge in [0.05, 0.1) is 32.1 Å². The molecule has 2 amide bonds. The van der Waals surface area contributed by atoms with Gasteiger partial charge >= 0.3 is 0 Å². The van der Waals surface area contributed by atoms with E-state index in [1.807, 2.05) is 0 Å². The molecule has 0 N–H and O–H groups in total. The zero-order valence-corrected chi connectivity index (χ0v) is 15.7. The van der Waals surface area contributed by atoms with Crippen molar-refractivity contribution in [3.05, 3.63) is 12.7 Å². The molecule has 126 valence electrons. The van der Waals surface area contributed by atoms with Crippen LogP contribution < -0.4 is 0 Å². The van der Waals surface area contributed by atoms with E-state index >= 15 is 0 Å². The topological polar surface area (TPSA) is 49.9 Å². The van der Waals surface area contributed by atoms with Crippen molar-refractivity contribution in [3.63, 3.8) is 0 Å². The molecule has 2 heterocycles. The summed E-state index contributed by atoms with van der Waals surface area (Å²) in [5.74, 6) is 0.338. The molecule has 4 fully saturated rings. The number of likely N-dealkylation sites (tertiary alicyclic amines) is 1. The second kappa shape index (κ2) is 4.36. The second-order valence-electron chi connectivity index (χ2n) is 9.34. The van der Waals surface area contributed by atoms with E-state index in [4.69, 9.17) is 4.74 Å². The van der Waals surface area contributed by atoms with Crippen LogP contribution >= 0.6 is 0 Å². The number of rotatable bonds is 3. The SMILES string of the molecule is C=CCN1C(=O)C2C(C1=O)C1C3OC3C2C1[Si](C)(C)C(C)(C)C. The molecule has 2 saturated heterocycles. The first-order chi connectivity index (χ1) is 10.6. The lowest BCUT2D eigenvalue weighted by atomic mass is 9.81. The molecule has 4 rings (SSSR count). The van der Waals surface area contributed by atoms with Gasteiger partial charge in [0, 0.05) is 18.4 Å². The predicted octanol–water partition coefficient (Wildman–Crippen LogP) is 2.68. The Kier molecular flexibility index (Phi) is 2.96. The molecule has 0 aromatic carbocycles. The number of amides is 2. The summed E-state index contributed by atoms with van der Waals surface area (Å²) < 4.78 is 5.89. The highest BCUT2D eigenvalue weighted by atomic mass is 28.3. The first-order valence-electron chi connectivity index (χ1n) is 8.74. The van der Waals surface area contributed by atoms with Crippen molar-refractivity contribution in [2.45, 2.75) is 56.7 Å². The van der Waals surface area contributed by atoms with Gasteiger partial charge in [-0.1, -0.05) is 39.9 Å². The minimum Gasteiger partial charge on any atom is -0.369 e. The minimum atomic E-state index is -1.64. The number of carbonyl (C=O) groups is 2. The summed E-state index contributed by atoms with van der Waals surface area (Å²) in [4.78, 5) is 27.2. The summed E-state index contributed by atoms with van der Waals surface area (Å²) >= 11 is 0. The van der Waals surface area contributed by atoms with Crippen molar-refractivity contribution in [2.24, 2.45) is 23.7 Å². The molecule has 2 bridgehead atoms. The Morgan fingerprint density at radius 2 is 1.61 bits per heavy atom. The van der Waals surface area contributed by atoms with Crippen molar-refractivity contribution in [1.29, 1.82) is 0 Å². The third-order valence-electron chi connectivity index (χ3n) is 7.55. The smallest absolute Gasteiger partial charge is 0.233 e. The molecule has 5 heteroatoms. The highest BCUT2D eigenvalue weighted by Crippen LogP contribution is 2.73. The number of ether oxygens (including phenoxy) is 1. The van der Waals surface area contributed by atoms with E-state index in [9.17, 15) is 9.59 Å². The highest BCUT2D eigenvalue weighted by molar-refractivity contribution is 6.81. The van der Waals surface area contributed by atoms with Gasteiger partial charge in [0.25, 0.3) is 0 Å². The molecule has 6 unspecified atom stereocenters. The lowest BCUT2D eigenvalue weighted by Crippen LogP contribution is -2.47. The van der Waals surface area contributed by atoms with Gasteiger partial charge in [0.1, 0.15) is 0 Å². The molecule has 4 aliphatic rings. The third kappa shape index (κ3) is 1.70. The Bertz CT molecular complexity index is 574. The van der Waals surface area contributed by atoms with Gasteiger partial charge in [-0.15, -0.1) is 6.58 Å². The molecule has 2 aliphatic carbocycles. The first-order valence-corrected chi connectivity index (χ1v) is 11.8. The van der Waals surface area contributed by atoms with Crippen molar-refractivity contribution in [3.8, 4) is 0 Å². The van der Waals surface area contributed by atoms with E-state index in [0.29, 0.717) is 12.1 Å². The van der Waals surface area contributed by atoms with Gasteiger partial charge in [0.2, 0.25) is 11.8 Å². The van der Waals surface area contributed by atoms with E-state index in [1.165, 1.54) is 4.90 Å². The molecular weight excluding hydrogens is 306 g/mol. The van der Waals surface area contributed by atoms with Crippen molar-refractivity contribution in [1.82, 2.24) is 4.90 Å². The van der Waals surface area contributed by atoms with Crippen molar-refractivity contribution >= 4 is 19.9 Å². The summed E-state index contributed by atoms with van der Waals surface area (Å²) in [6, 6.07) is 0. The zero-order chi connectivity index (χ0) is 16.9. The monoisotopic (exact) mass is 333 g/mol. The maximum absolute atomic E-state index is 12.9. The Balaban J connectivity index is 1.74. The highest BCUT2D eigenvalue weighted by Gasteiger charge is 2.79. The Labute approximate surface area is 139 Å². The van der Waals surface area contributed by atoms with E-state index in [1.54, 1.807) is 6.08 Å². The quantitative estimate of drug-likeness (QED) is 0.345. The number of fused-ring (bicyclic) bond motifs is 8. The molecule has 2 aliphatic heterocycles. The van der Waals surface area contributed by atoms with Crippen LogP contribution in [0.3, 0.4) is 0 Å². The minimum absolute atomic E-state index is 0.0325. The number of carbonyl (C=O) groups excluding carboxylic acids is 2. The number of nitrogens with zero attached hydrogens (tertiary/aromatic N) is 1. The lowest BCUT2D eigenvalue weighted by molar-refractivity contribution is -0.140. The van der Waals surface area contributed by atoms with Crippen LogP contribution in [0.5, 0.6) is 0 Å². The van der Waals surface area contributed by atoms with Crippen LogP contribution in [0, 0.1) is 23.7 Å². The third-order valence-corrected chi connectivity index (χ3v) is 13.8. The van der Waals surface area contributed by atoms with Crippen LogP contribution in [0.4, 0.5) is 0 Å². The van der Waals surface area contributed by atoms with Gasteiger partial charge in [-0.2, -0.15) is 0 Å². The van der Waals surface area contributed by atoms with Crippen LogP contribution in [0.15, 0.2) is 12.7 Å². The Morgan fingerprint density at radius 1 is 1.13 bits per heavy atom. The zero-order valence-electron chi connectivity index (χ0n) is 14.7. The number of epoxide rings is 1. The fourth-order valence-corrected chi connectivity index (χ4v) is 9.35. The fraction of sp³-hybridized carbons (Fsp3) is 0.778. The number of imide groups is 1. The maximum Gasteiger partial charge on any atom is 0.233 e. The summed E-state index contributed by atoms with van der Waals surface area (Å²) in [6.45, 7) is 15.9. The fourth-order valence-electron chi connectivity index (χ4n) is 5.63. The number of hydrogen-bond donors (Lipinski definition) is 0. The summed E-state index contributed by atoms with van der Waals surface area (Å²) in [6.07, 6.45) is 2.13. The van der Waals surface area contributed by atoms with Crippen LogP contribution in [-0.2, 0) is 14.3 Å². The van der Waals surface area contributed by atoms with Crippen LogP contribution in [0.2, 0.25) is 23.7 Å². The molecular formula is C18H27NO3Si. The van der Waals surface area contributed by atoms with Crippen LogP contribution in [0.25, 0.3) is 0 Å². The summed E-state index contributed by atoms with van der Waals surface area (Å²) in [5, 5.41) is 0.260. The molecule has 6 atom stereocenters. The largest absolute Gasteiger partial charge is 0.369 e. The predicted molar refractivity (Wildman–Crippen MR) is 90.5 cm³/mol. The van der Waals surface area contributed by atoms with Crippen molar-refractivity contribution < 1.29 is 14.3 Å². The van der Waals surface area contributed by atoms with E-state index < -0.39 is 8.07 Å². The average molecular weight is 334 g/mol. The van der Waals surface area contributed by atoms with Crippen LogP contribution in [-0.4, -0.2) is 43.5 Å². The molecule has 0 aromatic rings. The molecule has 4 nitrogen and oxygen atoms in total. The van der Waals surface area contributed by atoms with E-state index in [-0.39, 0.29) is 52.7 Å². The van der Waals surface area contributed by atoms with Crippen molar-refractivity contribution in [2.75, 3.05) is 6.54 Å². The molecule has 0 radical (unpaired) electrons. The van der Waals surface area contributed by atoms with Crippen LogP contribution in [0.1, 0.15) is 20.8 Å². The van der Waals surface area contributed by atoms with E-state index in [0.717, 1.165) is 0 Å². The molecule has 23 heavy (non-hydrogen) atoms. The first kappa shape index (κ1) is 15.6. The normalized spacial score (nSPS) is 44.6. The lowest BCUT2D eigenvalue weighted by Gasteiger charge is -2.45. The maximum atomic E-state index is 12.9. The van der Waals surface area contributed by atoms with Gasteiger partial charge in [-0.05, 0) is 10.6 Å². The molecule has 2 saturated carbocycles.